The van der Waals surface area contributed by atoms with Crippen LogP contribution < -0.4 is 10.1 Å². The number of hydrogen-bond acceptors (Lipinski definition) is 7. The lowest BCUT2D eigenvalue weighted by Crippen LogP contribution is -2.36. The first-order chi connectivity index (χ1) is 13.5. The lowest BCUT2D eigenvalue weighted by Gasteiger charge is -2.15. The van der Waals surface area contributed by atoms with Crippen LogP contribution in [0.1, 0.15) is 37.2 Å². The highest BCUT2D eigenvalue weighted by molar-refractivity contribution is 5.73. The Morgan fingerprint density at radius 2 is 2.07 bits per heavy atom. The van der Waals surface area contributed by atoms with Gasteiger partial charge in [0.25, 0.3) is 0 Å². The fourth-order valence-electron chi connectivity index (χ4n) is 2.46. The number of nitrogens with one attached hydrogen (secondary N) is 1. The molecule has 0 atom stereocenters. The molecule has 2 amide bonds. The minimum absolute atomic E-state index is 0.145. The highest BCUT2D eigenvalue weighted by Gasteiger charge is 2.15. The van der Waals surface area contributed by atoms with Crippen molar-refractivity contribution in [3.05, 3.63) is 47.7 Å². The summed E-state index contributed by atoms with van der Waals surface area (Å²) in [5, 5.41) is 10.7. The Morgan fingerprint density at radius 1 is 1.25 bits per heavy atom. The molecule has 0 fully saturated rings. The number of carbonyl (C=O) groups excluding carboxylic acids is 1. The third kappa shape index (κ3) is 4.67. The number of nitrogens with zero attached hydrogens (tertiary/aromatic N) is 4. The summed E-state index contributed by atoms with van der Waals surface area (Å²) in [6.07, 6.45) is 0. The zero-order valence-corrected chi connectivity index (χ0v) is 16.3. The number of aromatic nitrogens is 3. The van der Waals surface area contributed by atoms with Crippen LogP contribution in [0, 0.1) is 0 Å². The van der Waals surface area contributed by atoms with Gasteiger partial charge >= 0.3 is 6.03 Å². The molecule has 148 valence electrons. The molecule has 3 aromatic rings. The molecule has 1 aromatic carbocycles. The number of hydrogen-bond donors (Lipinski definition) is 1. The van der Waals surface area contributed by atoms with Crippen molar-refractivity contribution in [3.63, 3.8) is 0 Å². The zero-order valence-electron chi connectivity index (χ0n) is 16.3. The highest BCUT2D eigenvalue weighted by Crippen LogP contribution is 2.24. The molecule has 0 aliphatic heterocycles. The standard InChI is InChI=1S/C19H23N5O4/c1-12(2)18-21-17(23-28-18)11-24(3)19(25)20-10-14-9-16(27-22-14)13-6-5-7-15(8-13)26-4/h5-9,12H,10-11H2,1-4H3,(H,20,25). The summed E-state index contributed by atoms with van der Waals surface area (Å²) in [6, 6.07) is 8.98. The Bertz CT molecular complexity index is 934. The second kappa shape index (κ2) is 8.55. The Morgan fingerprint density at radius 3 is 2.79 bits per heavy atom. The van der Waals surface area contributed by atoms with Crippen LogP contribution in [0.5, 0.6) is 5.75 Å². The summed E-state index contributed by atoms with van der Waals surface area (Å²) in [4.78, 5) is 18.0. The average Bonchev–Trinajstić information content (AvgIpc) is 3.35. The number of amides is 2. The van der Waals surface area contributed by atoms with Crippen LogP contribution in [0.4, 0.5) is 4.79 Å². The predicted molar refractivity (Wildman–Crippen MR) is 101 cm³/mol. The van der Waals surface area contributed by atoms with E-state index in [0.29, 0.717) is 23.2 Å². The lowest BCUT2D eigenvalue weighted by atomic mass is 10.1. The van der Waals surface area contributed by atoms with Gasteiger partial charge in [0.1, 0.15) is 11.4 Å². The smallest absolute Gasteiger partial charge is 0.317 e. The Balaban J connectivity index is 1.54. The lowest BCUT2D eigenvalue weighted by molar-refractivity contribution is 0.204. The first-order valence-electron chi connectivity index (χ1n) is 8.87. The molecule has 9 heteroatoms. The summed E-state index contributed by atoms with van der Waals surface area (Å²) in [5.41, 5.74) is 1.46. The van der Waals surface area contributed by atoms with Crippen molar-refractivity contribution in [3.8, 4) is 17.1 Å². The van der Waals surface area contributed by atoms with E-state index in [1.807, 2.05) is 38.1 Å². The summed E-state index contributed by atoms with van der Waals surface area (Å²) in [6.45, 7) is 4.41. The minimum atomic E-state index is -0.276. The maximum absolute atomic E-state index is 12.3. The van der Waals surface area contributed by atoms with Gasteiger partial charge in [0, 0.05) is 24.6 Å². The van der Waals surface area contributed by atoms with Crippen molar-refractivity contribution in [2.75, 3.05) is 14.2 Å². The molecule has 0 radical (unpaired) electrons. The van der Waals surface area contributed by atoms with Crippen molar-refractivity contribution >= 4 is 6.03 Å². The molecule has 9 nitrogen and oxygen atoms in total. The maximum Gasteiger partial charge on any atom is 0.317 e. The number of benzene rings is 1. The third-order valence-corrected chi connectivity index (χ3v) is 4.04. The molecule has 0 saturated heterocycles. The van der Waals surface area contributed by atoms with Gasteiger partial charge in [0.15, 0.2) is 11.6 Å². The van der Waals surface area contributed by atoms with E-state index in [1.165, 1.54) is 4.90 Å². The van der Waals surface area contributed by atoms with Gasteiger partial charge in [0.2, 0.25) is 5.89 Å². The molecule has 0 unspecified atom stereocenters. The average molecular weight is 385 g/mol. The Kier molecular flexibility index (Phi) is 5.93. The van der Waals surface area contributed by atoms with E-state index < -0.39 is 0 Å². The van der Waals surface area contributed by atoms with Crippen LogP contribution in [-0.4, -0.2) is 40.4 Å². The van der Waals surface area contributed by atoms with E-state index >= 15 is 0 Å². The quantitative estimate of drug-likeness (QED) is 0.665. The van der Waals surface area contributed by atoms with Crippen LogP contribution in [0.15, 0.2) is 39.4 Å². The molecule has 2 aromatic heterocycles. The molecule has 0 spiro atoms. The number of urea groups is 1. The van der Waals surface area contributed by atoms with E-state index in [9.17, 15) is 4.79 Å². The van der Waals surface area contributed by atoms with Crippen molar-refractivity contribution in [1.29, 1.82) is 0 Å². The number of methoxy groups -OCH3 is 1. The monoisotopic (exact) mass is 385 g/mol. The Labute approximate surface area is 162 Å². The van der Waals surface area contributed by atoms with Crippen LogP contribution in [0.2, 0.25) is 0 Å². The largest absolute Gasteiger partial charge is 0.497 e. The Hall–Kier alpha value is -3.36. The second-order valence-corrected chi connectivity index (χ2v) is 6.63. The van der Waals surface area contributed by atoms with Crippen LogP contribution >= 0.6 is 0 Å². The van der Waals surface area contributed by atoms with Gasteiger partial charge in [-0.15, -0.1) is 0 Å². The zero-order chi connectivity index (χ0) is 20.1. The summed E-state index contributed by atoms with van der Waals surface area (Å²) in [7, 11) is 3.26. The summed E-state index contributed by atoms with van der Waals surface area (Å²) < 4.78 is 15.7. The molecule has 2 heterocycles. The summed E-state index contributed by atoms with van der Waals surface area (Å²) in [5.74, 6) is 2.49. The second-order valence-electron chi connectivity index (χ2n) is 6.63. The van der Waals surface area contributed by atoms with E-state index in [4.69, 9.17) is 13.8 Å². The van der Waals surface area contributed by atoms with E-state index in [0.717, 1.165) is 11.3 Å². The molecule has 3 rings (SSSR count). The van der Waals surface area contributed by atoms with Gasteiger partial charge in [-0.3, -0.25) is 0 Å². The van der Waals surface area contributed by atoms with E-state index in [2.05, 4.69) is 20.6 Å². The molecule has 0 bridgehead atoms. The van der Waals surface area contributed by atoms with Gasteiger partial charge in [-0.1, -0.05) is 36.3 Å². The summed E-state index contributed by atoms with van der Waals surface area (Å²) >= 11 is 0. The normalized spacial score (nSPS) is 10.9. The van der Waals surface area contributed by atoms with Crippen molar-refractivity contribution < 1.29 is 18.6 Å². The van der Waals surface area contributed by atoms with Crippen molar-refractivity contribution in [1.82, 2.24) is 25.5 Å². The SMILES string of the molecule is COc1cccc(-c2cc(CNC(=O)N(C)Cc3noc(C(C)C)n3)no2)c1. The van der Waals surface area contributed by atoms with E-state index in [1.54, 1.807) is 20.2 Å². The van der Waals surface area contributed by atoms with Crippen LogP contribution in [-0.2, 0) is 13.1 Å². The van der Waals surface area contributed by atoms with Gasteiger partial charge in [-0.05, 0) is 12.1 Å². The van der Waals surface area contributed by atoms with Crippen LogP contribution in [0.3, 0.4) is 0 Å². The molecular weight excluding hydrogens is 362 g/mol. The van der Waals surface area contributed by atoms with Crippen molar-refractivity contribution in [2.45, 2.75) is 32.9 Å². The fourth-order valence-corrected chi connectivity index (χ4v) is 2.46. The maximum atomic E-state index is 12.3. The molecule has 0 aliphatic carbocycles. The number of ether oxygens (including phenoxy) is 1. The van der Waals surface area contributed by atoms with Gasteiger partial charge in [0.05, 0.1) is 20.2 Å². The number of carbonyl (C=O) groups is 1. The first-order valence-corrected chi connectivity index (χ1v) is 8.87. The highest BCUT2D eigenvalue weighted by atomic mass is 16.5. The number of rotatable bonds is 7. The minimum Gasteiger partial charge on any atom is -0.497 e. The van der Waals surface area contributed by atoms with Gasteiger partial charge in [-0.2, -0.15) is 4.98 Å². The molecule has 0 aliphatic rings. The third-order valence-electron chi connectivity index (χ3n) is 4.04. The van der Waals surface area contributed by atoms with Gasteiger partial charge < -0.3 is 24.0 Å². The topological polar surface area (TPSA) is 107 Å². The fraction of sp³-hybridized carbons (Fsp3) is 0.368. The predicted octanol–water partition coefficient (Wildman–Crippen LogP) is 3.20. The molecule has 1 N–H and O–H groups in total. The molecule has 28 heavy (non-hydrogen) atoms. The van der Waals surface area contributed by atoms with Crippen molar-refractivity contribution in [2.24, 2.45) is 0 Å². The van der Waals surface area contributed by atoms with Gasteiger partial charge in [-0.25, -0.2) is 4.79 Å². The van der Waals surface area contributed by atoms with Crippen LogP contribution in [0.25, 0.3) is 11.3 Å². The van der Waals surface area contributed by atoms with E-state index in [-0.39, 0.29) is 25.0 Å². The molecule has 0 saturated carbocycles. The first kappa shape index (κ1) is 19.4. The molecular formula is C19H23N5O4.